The largest absolute Gasteiger partial charge is 0.480 e. The lowest BCUT2D eigenvalue weighted by atomic mass is 10.2. The van der Waals surface area contributed by atoms with Gasteiger partial charge in [-0.05, 0) is 12.1 Å². The summed E-state index contributed by atoms with van der Waals surface area (Å²) < 4.78 is 0. The second-order valence-corrected chi connectivity index (χ2v) is 3.25. The molecular formula is C9H9ClN2O4. The highest BCUT2D eigenvalue weighted by Crippen LogP contribution is 2.11. The number of carboxylic acids is 1. The number of carbonyl (C=O) groups is 2. The molecule has 6 nitrogen and oxygen atoms in total. The predicted octanol–water partition coefficient (Wildman–Crippen LogP) is -0.0897. The lowest BCUT2D eigenvalue weighted by molar-refractivity contribution is -0.140. The number of hydrogen-bond acceptors (Lipinski definition) is 4. The maximum Gasteiger partial charge on any atom is 0.328 e. The van der Waals surface area contributed by atoms with Gasteiger partial charge in [-0.1, -0.05) is 11.6 Å². The summed E-state index contributed by atoms with van der Waals surface area (Å²) in [6.45, 7) is -0.695. The number of aromatic nitrogens is 1. The van der Waals surface area contributed by atoms with Gasteiger partial charge in [0, 0.05) is 6.20 Å². The minimum Gasteiger partial charge on any atom is -0.480 e. The fourth-order valence-electron chi connectivity index (χ4n) is 0.977. The molecule has 1 aromatic rings. The molecule has 1 heterocycles. The first-order valence-corrected chi connectivity index (χ1v) is 4.69. The molecule has 0 fully saturated rings. The van der Waals surface area contributed by atoms with Crippen molar-refractivity contribution < 1.29 is 19.8 Å². The predicted molar refractivity (Wildman–Crippen MR) is 55.2 cm³/mol. The van der Waals surface area contributed by atoms with Gasteiger partial charge in [0.05, 0.1) is 12.2 Å². The first-order valence-electron chi connectivity index (χ1n) is 4.31. The van der Waals surface area contributed by atoms with Crippen molar-refractivity contribution in [3.05, 3.63) is 29.0 Å². The zero-order chi connectivity index (χ0) is 12.1. The van der Waals surface area contributed by atoms with E-state index in [1.165, 1.54) is 18.3 Å². The van der Waals surface area contributed by atoms with Crippen LogP contribution in [0.25, 0.3) is 0 Å². The topological polar surface area (TPSA) is 99.5 Å². The van der Waals surface area contributed by atoms with E-state index in [-0.39, 0.29) is 10.7 Å². The van der Waals surface area contributed by atoms with Crippen LogP contribution in [0.5, 0.6) is 0 Å². The van der Waals surface area contributed by atoms with E-state index in [2.05, 4.69) is 10.3 Å². The van der Waals surface area contributed by atoms with E-state index in [1.807, 2.05) is 0 Å². The molecule has 1 atom stereocenters. The molecule has 7 heteroatoms. The molecule has 1 unspecified atom stereocenters. The molecule has 1 amide bonds. The number of pyridine rings is 1. The Bertz CT molecular complexity index is 410. The van der Waals surface area contributed by atoms with Crippen LogP contribution in [0.3, 0.4) is 0 Å². The number of aliphatic carboxylic acids is 1. The first-order chi connectivity index (χ1) is 7.56. The SMILES string of the molecule is O=C(NC(CO)C(=O)O)c1cccnc1Cl. The molecule has 0 saturated heterocycles. The van der Waals surface area contributed by atoms with Crippen molar-refractivity contribution in [2.45, 2.75) is 6.04 Å². The van der Waals surface area contributed by atoms with Gasteiger partial charge in [0.25, 0.3) is 5.91 Å². The lowest BCUT2D eigenvalue weighted by Gasteiger charge is -2.11. The van der Waals surface area contributed by atoms with Crippen molar-refractivity contribution in [3.8, 4) is 0 Å². The molecule has 0 aliphatic heterocycles. The van der Waals surface area contributed by atoms with Gasteiger partial charge in [0.1, 0.15) is 5.15 Å². The van der Waals surface area contributed by atoms with E-state index in [4.69, 9.17) is 21.8 Å². The van der Waals surface area contributed by atoms with E-state index >= 15 is 0 Å². The van der Waals surface area contributed by atoms with Crippen LogP contribution in [0, 0.1) is 0 Å². The summed E-state index contributed by atoms with van der Waals surface area (Å²) in [4.78, 5) is 25.8. The van der Waals surface area contributed by atoms with E-state index < -0.39 is 24.5 Å². The average Bonchev–Trinajstić information content (AvgIpc) is 2.25. The standard InChI is InChI=1S/C9H9ClN2O4/c10-7-5(2-1-3-11-7)8(14)12-6(4-13)9(15)16/h1-3,6,13H,4H2,(H,12,14)(H,15,16). The van der Waals surface area contributed by atoms with Crippen LogP contribution in [0.4, 0.5) is 0 Å². The normalized spacial score (nSPS) is 11.9. The highest BCUT2D eigenvalue weighted by molar-refractivity contribution is 6.32. The molecule has 16 heavy (non-hydrogen) atoms. The van der Waals surface area contributed by atoms with Crippen LogP contribution in [0.1, 0.15) is 10.4 Å². The third kappa shape index (κ3) is 2.91. The molecule has 86 valence electrons. The Morgan fingerprint density at radius 1 is 1.56 bits per heavy atom. The molecule has 0 aromatic carbocycles. The lowest BCUT2D eigenvalue weighted by Crippen LogP contribution is -2.43. The number of aliphatic hydroxyl groups is 1. The number of halogens is 1. The molecule has 1 aromatic heterocycles. The summed E-state index contributed by atoms with van der Waals surface area (Å²) in [5.41, 5.74) is 0.0591. The number of hydrogen-bond donors (Lipinski definition) is 3. The Hall–Kier alpha value is -1.66. The van der Waals surface area contributed by atoms with Crippen LogP contribution in [-0.2, 0) is 4.79 Å². The Labute approximate surface area is 95.9 Å². The fourth-order valence-corrected chi connectivity index (χ4v) is 1.18. The van der Waals surface area contributed by atoms with Gasteiger partial charge < -0.3 is 15.5 Å². The molecule has 0 bridgehead atoms. The fraction of sp³-hybridized carbons (Fsp3) is 0.222. The summed E-state index contributed by atoms with van der Waals surface area (Å²) in [6, 6.07) is 1.54. The Morgan fingerprint density at radius 2 is 2.25 bits per heavy atom. The second kappa shape index (κ2) is 5.43. The Balaban J connectivity index is 2.80. The Morgan fingerprint density at radius 3 is 2.75 bits per heavy atom. The summed E-state index contributed by atoms with van der Waals surface area (Å²) in [7, 11) is 0. The number of rotatable bonds is 4. The zero-order valence-electron chi connectivity index (χ0n) is 8.05. The zero-order valence-corrected chi connectivity index (χ0v) is 8.81. The van der Waals surface area contributed by atoms with Gasteiger partial charge >= 0.3 is 5.97 Å². The minimum absolute atomic E-state index is 0.0259. The van der Waals surface area contributed by atoms with Crippen LogP contribution in [0.15, 0.2) is 18.3 Å². The second-order valence-electron chi connectivity index (χ2n) is 2.89. The molecular weight excluding hydrogens is 236 g/mol. The number of carboxylic acid groups (broad SMARTS) is 1. The first kappa shape index (κ1) is 12.4. The number of nitrogens with one attached hydrogen (secondary N) is 1. The number of aliphatic hydroxyl groups excluding tert-OH is 1. The van der Waals surface area contributed by atoms with Gasteiger partial charge in [-0.3, -0.25) is 4.79 Å². The maximum atomic E-state index is 11.5. The third-order valence-corrected chi connectivity index (χ3v) is 2.09. The van der Waals surface area contributed by atoms with Crippen LogP contribution in [-0.4, -0.2) is 39.7 Å². The molecule has 0 aliphatic carbocycles. The van der Waals surface area contributed by atoms with Crippen molar-refractivity contribution >= 4 is 23.5 Å². The van der Waals surface area contributed by atoms with E-state index in [0.717, 1.165) is 0 Å². The molecule has 0 saturated carbocycles. The summed E-state index contributed by atoms with van der Waals surface area (Å²) >= 11 is 5.64. The monoisotopic (exact) mass is 244 g/mol. The average molecular weight is 245 g/mol. The molecule has 0 spiro atoms. The van der Waals surface area contributed by atoms with Gasteiger partial charge in [-0.25, -0.2) is 9.78 Å². The Kier molecular flexibility index (Phi) is 4.21. The summed E-state index contributed by atoms with van der Waals surface area (Å²) in [5, 5.41) is 19.4. The highest BCUT2D eigenvalue weighted by Gasteiger charge is 2.20. The summed E-state index contributed by atoms with van der Waals surface area (Å²) in [5.74, 6) is -2.02. The van der Waals surface area contributed by atoms with Crippen molar-refractivity contribution in [2.75, 3.05) is 6.61 Å². The molecule has 0 aliphatic rings. The summed E-state index contributed by atoms with van der Waals surface area (Å²) in [6.07, 6.45) is 1.40. The van der Waals surface area contributed by atoms with Gasteiger partial charge in [-0.15, -0.1) is 0 Å². The van der Waals surface area contributed by atoms with E-state index in [0.29, 0.717) is 0 Å². The van der Waals surface area contributed by atoms with Gasteiger partial charge in [0.2, 0.25) is 0 Å². The highest BCUT2D eigenvalue weighted by atomic mass is 35.5. The van der Waals surface area contributed by atoms with Crippen LogP contribution >= 0.6 is 11.6 Å². The smallest absolute Gasteiger partial charge is 0.328 e. The quantitative estimate of drug-likeness (QED) is 0.643. The van der Waals surface area contributed by atoms with E-state index in [9.17, 15) is 9.59 Å². The maximum absolute atomic E-state index is 11.5. The minimum atomic E-state index is -1.36. The molecule has 0 radical (unpaired) electrons. The molecule has 3 N–H and O–H groups in total. The number of amides is 1. The number of nitrogens with zero attached hydrogens (tertiary/aromatic N) is 1. The third-order valence-electron chi connectivity index (χ3n) is 1.79. The van der Waals surface area contributed by atoms with Crippen molar-refractivity contribution in [3.63, 3.8) is 0 Å². The van der Waals surface area contributed by atoms with Crippen molar-refractivity contribution in [1.82, 2.24) is 10.3 Å². The van der Waals surface area contributed by atoms with Crippen molar-refractivity contribution in [1.29, 1.82) is 0 Å². The van der Waals surface area contributed by atoms with Gasteiger partial charge in [-0.2, -0.15) is 0 Å². The van der Waals surface area contributed by atoms with Crippen LogP contribution < -0.4 is 5.32 Å². The van der Waals surface area contributed by atoms with Gasteiger partial charge in [0.15, 0.2) is 6.04 Å². The molecule has 1 rings (SSSR count). The van der Waals surface area contributed by atoms with Crippen LogP contribution in [0.2, 0.25) is 5.15 Å². The number of carbonyl (C=O) groups excluding carboxylic acids is 1. The van der Waals surface area contributed by atoms with Crippen molar-refractivity contribution in [2.24, 2.45) is 0 Å². The van der Waals surface area contributed by atoms with E-state index in [1.54, 1.807) is 0 Å².